The van der Waals surface area contributed by atoms with Crippen LogP contribution in [0.5, 0.6) is 5.75 Å². The van der Waals surface area contributed by atoms with E-state index in [4.69, 9.17) is 26.8 Å². The lowest BCUT2D eigenvalue weighted by Gasteiger charge is -2.46. The Kier molecular flexibility index (Phi) is 4.76. The molecule has 10 heteroatoms. The molecule has 3 N–H and O–H groups in total. The minimum absolute atomic E-state index is 0.0185. The summed E-state index contributed by atoms with van der Waals surface area (Å²) in [4.78, 5) is 32.3. The number of nitrogens with zero attached hydrogens (tertiary/aromatic N) is 3. The summed E-state index contributed by atoms with van der Waals surface area (Å²) in [6, 6.07) is 9.48. The number of aromatic nitrogens is 1. The van der Waals surface area contributed by atoms with Crippen LogP contribution in [-0.2, 0) is 22.4 Å². The van der Waals surface area contributed by atoms with Crippen LogP contribution in [0.3, 0.4) is 0 Å². The third kappa shape index (κ3) is 3.60. The molecule has 0 bridgehead atoms. The Hall–Kier alpha value is -2.88. The van der Waals surface area contributed by atoms with Gasteiger partial charge in [-0.1, -0.05) is 23.7 Å². The second-order valence-electron chi connectivity index (χ2n) is 9.37. The lowest BCUT2D eigenvalue weighted by molar-refractivity contribution is -0.118. The maximum absolute atomic E-state index is 12.6. The largest absolute Gasteiger partial charge is 0.480 e. The third-order valence-corrected chi connectivity index (χ3v) is 7.32. The average molecular weight is 470 g/mol. The number of nitrogens with one attached hydrogen (secondary N) is 1. The molecule has 2 aromatic rings. The molecule has 4 aliphatic rings. The second-order valence-corrected chi connectivity index (χ2v) is 9.78. The van der Waals surface area contributed by atoms with Crippen LogP contribution in [0, 0.1) is 5.92 Å². The molecule has 1 aliphatic carbocycles. The van der Waals surface area contributed by atoms with Crippen molar-refractivity contribution in [3.63, 3.8) is 0 Å². The van der Waals surface area contributed by atoms with Gasteiger partial charge in [-0.05, 0) is 48.1 Å². The van der Waals surface area contributed by atoms with Crippen molar-refractivity contribution >= 4 is 35.2 Å². The zero-order valence-electron chi connectivity index (χ0n) is 17.9. The highest BCUT2D eigenvalue weighted by Gasteiger charge is 2.54. The van der Waals surface area contributed by atoms with Crippen molar-refractivity contribution in [2.45, 2.75) is 24.5 Å². The van der Waals surface area contributed by atoms with Crippen molar-refractivity contribution in [3.05, 3.63) is 46.5 Å². The van der Waals surface area contributed by atoms with Gasteiger partial charge in [0.05, 0.1) is 6.54 Å². The quantitative estimate of drug-likeness (QED) is 0.702. The van der Waals surface area contributed by atoms with Crippen LogP contribution in [-0.4, -0.2) is 66.3 Å². The van der Waals surface area contributed by atoms with Crippen molar-refractivity contribution < 1.29 is 19.1 Å². The number of ether oxygens (including phenoxy) is 2. The van der Waals surface area contributed by atoms with Crippen molar-refractivity contribution in [1.29, 1.82) is 0 Å². The Bertz CT molecular complexity index is 1150. The summed E-state index contributed by atoms with van der Waals surface area (Å²) < 4.78 is 11.1. The summed E-state index contributed by atoms with van der Waals surface area (Å²) in [6.45, 7) is 2.38. The number of carbonyl (C=O) groups excluding carboxylic acids is 2. The van der Waals surface area contributed by atoms with Gasteiger partial charge in [-0.3, -0.25) is 14.6 Å². The van der Waals surface area contributed by atoms with Gasteiger partial charge in [0.1, 0.15) is 5.82 Å². The van der Waals surface area contributed by atoms with Gasteiger partial charge in [0, 0.05) is 30.7 Å². The van der Waals surface area contributed by atoms with Gasteiger partial charge < -0.3 is 20.5 Å². The molecule has 2 amide bonds. The first-order valence-electron chi connectivity index (χ1n) is 11.1. The van der Waals surface area contributed by atoms with E-state index in [1.54, 1.807) is 12.1 Å². The topological polar surface area (TPSA) is 110 Å². The smallest absolute Gasteiger partial charge is 0.416 e. The maximum atomic E-state index is 12.6. The molecule has 1 aromatic heterocycles. The van der Waals surface area contributed by atoms with E-state index < -0.39 is 11.7 Å². The normalized spacial score (nSPS) is 23.9. The first-order chi connectivity index (χ1) is 15.9. The van der Waals surface area contributed by atoms with E-state index in [2.05, 4.69) is 21.3 Å². The maximum Gasteiger partial charge on any atom is 0.416 e. The van der Waals surface area contributed by atoms with Gasteiger partial charge >= 0.3 is 6.09 Å². The monoisotopic (exact) mass is 469 g/mol. The fourth-order valence-corrected chi connectivity index (χ4v) is 5.63. The highest BCUT2D eigenvalue weighted by molar-refractivity contribution is 6.31. The predicted octanol–water partition coefficient (Wildman–Crippen LogP) is 1.82. The second kappa shape index (κ2) is 7.58. The Morgan fingerprint density at radius 3 is 2.88 bits per heavy atom. The standard InChI is InChI=1S/C23H24ClN5O4/c24-16-3-1-2-13-6-14(7-15(13)16)17(25)8-28-10-23(11-28)12-29(22(31)33-23)19-5-4-18-21(26-19)27-20(30)9-32-18/h1-5,14,17H,6-12,25H2,(H,26,27,30). The summed E-state index contributed by atoms with van der Waals surface area (Å²) in [7, 11) is 0. The lowest BCUT2D eigenvalue weighted by Crippen LogP contribution is -2.66. The van der Waals surface area contributed by atoms with Gasteiger partial charge in [-0.2, -0.15) is 0 Å². The minimum atomic E-state index is -0.559. The Balaban J connectivity index is 1.07. The fraction of sp³-hybridized carbons (Fsp3) is 0.435. The molecule has 0 saturated carbocycles. The van der Waals surface area contributed by atoms with E-state index in [0.29, 0.717) is 42.9 Å². The highest BCUT2D eigenvalue weighted by Crippen LogP contribution is 2.38. The summed E-state index contributed by atoms with van der Waals surface area (Å²) in [6.07, 6.45) is 1.42. The first-order valence-corrected chi connectivity index (χ1v) is 11.5. The van der Waals surface area contributed by atoms with Crippen LogP contribution in [0.1, 0.15) is 11.1 Å². The van der Waals surface area contributed by atoms with Gasteiger partial charge in [0.25, 0.3) is 5.91 Å². The number of likely N-dealkylation sites (tertiary alicyclic amines) is 1. The Morgan fingerprint density at radius 1 is 1.21 bits per heavy atom. The van der Waals surface area contributed by atoms with Crippen LogP contribution in [0.4, 0.5) is 16.4 Å². The molecule has 0 radical (unpaired) electrons. The van der Waals surface area contributed by atoms with Gasteiger partial charge in [-0.25, -0.2) is 9.78 Å². The molecule has 172 valence electrons. The zero-order chi connectivity index (χ0) is 22.7. The van der Waals surface area contributed by atoms with E-state index >= 15 is 0 Å². The lowest BCUT2D eigenvalue weighted by atomic mass is 9.90. The Labute approximate surface area is 195 Å². The van der Waals surface area contributed by atoms with E-state index in [1.807, 2.05) is 12.1 Å². The van der Waals surface area contributed by atoms with E-state index in [1.165, 1.54) is 16.0 Å². The van der Waals surface area contributed by atoms with Crippen LogP contribution >= 0.6 is 11.6 Å². The predicted molar refractivity (Wildman–Crippen MR) is 122 cm³/mol. The van der Waals surface area contributed by atoms with Gasteiger partial charge in [0.15, 0.2) is 23.8 Å². The SMILES string of the molecule is NC(CN1CC2(C1)CN(c1ccc3c(n1)NC(=O)CO3)C(=O)O2)C1Cc2cccc(Cl)c2C1. The summed E-state index contributed by atoms with van der Waals surface area (Å²) >= 11 is 6.35. The van der Waals surface area contributed by atoms with Gasteiger partial charge in [0.2, 0.25) is 0 Å². The fourth-order valence-electron chi connectivity index (χ4n) is 5.36. The molecule has 1 spiro atoms. The zero-order valence-corrected chi connectivity index (χ0v) is 18.7. The first kappa shape index (κ1) is 20.7. The highest BCUT2D eigenvalue weighted by atomic mass is 35.5. The van der Waals surface area contributed by atoms with Crippen LogP contribution < -0.4 is 20.7 Å². The number of halogens is 1. The molecule has 4 heterocycles. The molecular weight excluding hydrogens is 446 g/mol. The number of nitrogens with two attached hydrogens (primary N) is 1. The van der Waals surface area contributed by atoms with Crippen LogP contribution in [0.25, 0.3) is 0 Å². The third-order valence-electron chi connectivity index (χ3n) is 6.97. The van der Waals surface area contributed by atoms with Crippen molar-refractivity contribution in [2.24, 2.45) is 11.7 Å². The number of amides is 2. The van der Waals surface area contributed by atoms with Crippen LogP contribution in [0.15, 0.2) is 30.3 Å². The van der Waals surface area contributed by atoms with E-state index in [9.17, 15) is 9.59 Å². The van der Waals surface area contributed by atoms with Gasteiger partial charge in [-0.15, -0.1) is 0 Å². The molecule has 2 saturated heterocycles. The number of hydrogen-bond donors (Lipinski definition) is 2. The molecule has 6 rings (SSSR count). The number of pyridine rings is 1. The summed E-state index contributed by atoms with van der Waals surface area (Å²) in [5.74, 6) is 1.32. The number of carbonyl (C=O) groups is 2. The summed E-state index contributed by atoms with van der Waals surface area (Å²) in [5.41, 5.74) is 8.52. The molecule has 33 heavy (non-hydrogen) atoms. The molecule has 9 nitrogen and oxygen atoms in total. The summed E-state index contributed by atoms with van der Waals surface area (Å²) in [5, 5.41) is 3.49. The molecule has 3 aliphatic heterocycles. The average Bonchev–Trinajstić information content (AvgIpc) is 3.35. The molecule has 1 aromatic carbocycles. The van der Waals surface area contributed by atoms with E-state index in [0.717, 1.165) is 24.4 Å². The number of anilines is 2. The number of fused-ring (bicyclic) bond motifs is 2. The van der Waals surface area contributed by atoms with E-state index in [-0.39, 0.29) is 18.6 Å². The number of rotatable bonds is 4. The molecular formula is C23H24ClN5O4. The van der Waals surface area contributed by atoms with Crippen molar-refractivity contribution in [1.82, 2.24) is 9.88 Å². The molecule has 2 fully saturated rings. The number of benzene rings is 1. The Morgan fingerprint density at radius 2 is 2.06 bits per heavy atom. The van der Waals surface area contributed by atoms with Crippen LogP contribution in [0.2, 0.25) is 5.02 Å². The minimum Gasteiger partial charge on any atom is -0.480 e. The molecule has 2 unspecified atom stereocenters. The number of hydrogen-bond acceptors (Lipinski definition) is 7. The molecule has 2 atom stereocenters. The van der Waals surface area contributed by atoms with Crippen molar-refractivity contribution in [2.75, 3.05) is 43.0 Å². The van der Waals surface area contributed by atoms with Crippen molar-refractivity contribution in [3.8, 4) is 5.75 Å².